The zero-order valence-electron chi connectivity index (χ0n) is 14.9. The van der Waals surface area contributed by atoms with Gasteiger partial charge >= 0.3 is 0 Å². The SMILES string of the molecule is CC1CN(C(=O)CCC(=O)NCc2ccccc2F)c2cc(Cl)ccc2O1. The number of benzene rings is 2. The van der Waals surface area contributed by atoms with Crippen LogP contribution in [0.1, 0.15) is 25.3 Å². The van der Waals surface area contributed by atoms with Crippen molar-refractivity contribution in [2.75, 3.05) is 11.4 Å². The molecular weight excluding hydrogens is 371 g/mol. The number of carbonyl (C=O) groups is 2. The van der Waals surface area contributed by atoms with Crippen LogP contribution < -0.4 is 15.0 Å². The van der Waals surface area contributed by atoms with Gasteiger partial charge in [-0.2, -0.15) is 0 Å². The smallest absolute Gasteiger partial charge is 0.227 e. The van der Waals surface area contributed by atoms with E-state index in [0.717, 1.165) is 0 Å². The van der Waals surface area contributed by atoms with E-state index in [1.54, 1.807) is 41.3 Å². The molecule has 3 rings (SSSR count). The van der Waals surface area contributed by atoms with Crippen LogP contribution in [0.4, 0.5) is 10.1 Å². The lowest BCUT2D eigenvalue weighted by Gasteiger charge is -2.33. The fourth-order valence-electron chi connectivity index (χ4n) is 2.93. The Morgan fingerprint density at radius 1 is 1.26 bits per heavy atom. The van der Waals surface area contributed by atoms with Crippen LogP contribution in [0.3, 0.4) is 0 Å². The van der Waals surface area contributed by atoms with Crippen LogP contribution in [0.25, 0.3) is 0 Å². The number of nitrogens with one attached hydrogen (secondary N) is 1. The van der Waals surface area contributed by atoms with E-state index >= 15 is 0 Å². The van der Waals surface area contributed by atoms with Crippen LogP contribution in [-0.2, 0) is 16.1 Å². The van der Waals surface area contributed by atoms with E-state index in [9.17, 15) is 14.0 Å². The quantitative estimate of drug-likeness (QED) is 0.847. The molecule has 0 spiro atoms. The molecule has 142 valence electrons. The third-order valence-corrected chi connectivity index (χ3v) is 4.52. The van der Waals surface area contributed by atoms with E-state index in [1.165, 1.54) is 6.07 Å². The molecule has 5 nitrogen and oxygen atoms in total. The van der Waals surface area contributed by atoms with Gasteiger partial charge in [0.25, 0.3) is 0 Å². The summed E-state index contributed by atoms with van der Waals surface area (Å²) in [5, 5.41) is 3.15. The minimum Gasteiger partial charge on any atom is -0.487 e. The number of rotatable bonds is 5. The maximum absolute atomic E-state index is 13.6. The van der Waals surface area contributed by atoms with Gasteiger partial charge in [0.15, 0.2) is 0 Å². The molecule has 0 aliphatic carbocycles. The summed E-state index contributed by atoms with van der Waals surface area (Å²) in [6.07, 6.45) is -0.0889. The summed E-state index contributed by atoms with van der Waals surface area (Å²) in [5.74, 6) is -0.269. The highest BCUT2D eigenvalue weighted by atomic mass is 35.5. The van der Waals surface area contributed by atoms with E-state index in [4.69, 9.17) is 16.3 Å². The van der Waals surface area contributed by atoms with Crippen LogP contribution in [0.2, 0.25) is 5.02 Å². The standard InChI is InChI=1S/C20H20ClFN2O3/c1-13-12-24(17-10-15(21)6-7-18(17)27-13)20(26)9-8-19(25)23-11-14-4-2-3-5-16(14)22/h2-7,10,13H,8-9,11-12H2,1H3,(H,23,25). The Labute approximate surface area is 162 Å². The van der Waals surface area contributed by atoms with Crippen molar-refractivity contribution in [3.63, 3.8) is 0 Å². The summed E-state index contributed by atoms with van der Waals surface area (Å²) in [6.45, 7) is 2.36. The molecule has 1 unspecified atom stereocenters. The largest absolute Gasteiger partial charge is 0.487 e. The lowest BCUT2D eigenvalue weighted by molar-refractivity contribution is -0.125. The molecule has 1 N–H and O–H groups in total. The number of carbonyl (C=O) groups excluding carboxylic acids is 2. The van der Waals surface area contributed by atoms with Crippen molar-refractivity contribution in [2.45, 2.75) is 32.4 Å². The van der Waals surface area contributed by atoms with Crippen molar-refractivity contribution in [2.24, 2.45) is 0 Å². The third-order valence-electron chi connectivity index (χ3n) is 4.28. The van der Waals surface area contributed by atoms with Crippen LogP contribution in [0, 0.1) is 5.82 Å². The molecule has 0 saturated carbocycles. The predicted octanol–water partition coefficient (Wildman–Crippen LogP) is 3.69. The van der Waals surface area contributed by atoms with E-state index in [2.05, 4.69) is 5.32 Å². The molecule has 0 fully saturated rings. The van der Waals surface area contributed by atoms with Gasteiger partial charge < -0.3 is 15.0 Å². The summed E-state index contributed by atoms with van der Waals surface area (Å²) in [4.78, 5) is 26.3. The number of hydrogen-bond acceptors (Lipinski definition) is 3. The van der Waals surface area contributed by atoms with Crippen LogP contribution in [-0.4, -0.2) is 24.5 Å². The molecular formula is C20H20ClFN2O3. The molecule has 1 heterocycles. The number of amides is 2. The first-order valence-corrected chi connectivity index (χ1v) is 9.08. The predicted molar refractivity (Wildman–Crippen MR) is 101 cm³/mol. The maximum Gasteiger partial charge on any atom is 0.227 e. The van der Waals surface area contributed by atoms with Gasteiger partial charge in [-0.1, -0.05) is 29.8 Å². The molecule has 1 aliphatic heterocycles. The molecule has 0 bridgehead atoms. The first kappa shape index (κ1) is 19.2. The van der Waals surface area contributed by atoms with Crippen LogP contribution in [0.5, 0.6) is 5.75 Å². The zero-order valence-corrected chi connectivity index (χ0v) is 15.6. The number of hydrogen-bond donors (Lipinski definition) is 1. The second kappa shape index (κ2) is 8.39. The summed E-state index contributed by atoms with van der Waals surface area (Å²) >= 11 is 6.03. The summed E-state index contributed by atoms with van der Waals surface area (Å²) in [6, 6.07) is 11.4. The van der Waals surface area contributed by atoms with E-state index < -0.39 is 0 Å². The first-order chi connectivity index (χ1) is 12.9. The van der Waals surface area contributed by atoms with Gasteiger partial charge in [-0.05, 0) is 31.2 Å². The molecule has 1 aliphatic rings. The number of anilines is 1. The Bertz CT molecular complexity index is 859. The average Bonchev–Trinajstić information content (AvgIpc) is 2.65. The normalized spacial score (nSPS) is 15.7. The van der Waals surface area contributed by atoms with Crippen LogP contribution >= 0.6 is 11.6 Å². The van der Waals surface area contributed by atoms with Crippen molar-refractivity contribution in [1.82, 2.24) is 5.32 Å². The highest BCUT2D eigenvalue weighted by Gasteiger charge is 2.27. The van der Waals surface area contributed by atoms with Gasteiger partial charge in [-0.3, -0.25) is 9.59 Å². The third kappa shape index (κ3) is 4.77. The second-order valence-corrected chi connectivity index (χ2v) is 6.85. The van der Waals surface area contributed by atoms with E-state index in [1.807, 2.05) is 6.92 Å². The van der Waals surface area contributed by atoms with Gasteiger partial charge in [0.1, 0.15) is 17.7 Å². The van der Waals surface area contributed by atoms with Crippen molar-refractivity contribution in [3.8, 4) is 5.75 Å². The number of ether oxygens (including phenoxy) is 1. The summed E-state index contributed by atoms with van der Waals surface area (Å²) in [7, 11) is 0. The lowest BCUT2D eigenvalue weighted by atomic mass is 10.1. The highest BCUT2D eigenvalue weighted by Crippen LogP contribution is 2.36. The van der Waals surface area contributed by atoms with E-state index in [-0.39, 0.29) is 43.1 Å². The minimum absolute atomic E-state index is 0.0227. The summed E-state index contributed by atoms with van der Waals surface area (Å²) < 4.78 is 19.3. The summed E-state index contributed by atoms with van der Waals surface area (Å²) in [5.41, 5.74) is 1.01. The van der Waals surface area contributed by atoms with Crippen molar-refractivity contribution in [1.29, 1.82) is 0 Å². The van der Waals surface area contributed by atoms with Crippen molar-refractivity contribution in [3.05, 3.63) is 58.9 Å². The Hall–Kier alpha value is -2.60. The Kier molecular flexibility index (Phi) is 5.96. The molecule has 27 heavy (non-hydrogen) atoms. The Balaban J connectivity index is 1.57. The number of halogens is 2. The second-order valence-electron chi connectivity index (χ2n) is 6.41. The molecule has 2 aromatic carbocycles. The Morgan fingerprint density at radius 2 is 2.04 bits per heavy atom. The average molecular weight is 391 g/mol. The van der Waals surface area contributed by atoms with Gasteiger partial charge in [-0.25, -0.2) is 4.39 Å². The molecule has 2 amide bonds. The van der Waals surface area contributed by atoms with Crippen molar-refractivity contribution >= 4 is 29.1 Å². The van der Waals surface area contributed by atoms with Gasteiger partial charge in [0.2, 0.25) is 11.8 Å². The maximum atomic E-state index is 13.6. The molecule has 0 saturated heterocycles. The van der Waals surface area contributed by atoms with Gasteiger partial charge in [0, 0.05) is 30.0 Å². The zero-order chi connectivity index (χ0) is 19.4. The number of nitrogens with zero attached hydrogens (tertiary/aromatic N) is 1. The molecule has 2 aromatic rings. The molecule has 0 aromatic heterocycles. The highest BCUT2D eigenvalue weighted by molar-refractivity contribution is 6.31. The molecule has 7 heteroatoms. The van der Waals surface area contributed by atoms with Gasteiger partial charge in [-0.15, -0.1) is 0 Å². The van der Waals surface area contributed by atoms with Crippen LogP contribution in [0.15, 0.2) is 42.5 Å². The monoisotopic (exact) mass is 390 g/mol. The molecule has 1 atom stereocenters. The molecule has 0 radical (unpaired) electrons. The number of fused-ring (bicyclic) bond motifs is 1. The first-order valence-electron chi connectivity index (χ1n) is 8.70. The van der Waals surface area contributed by atoms with Gasteiger partial charge in [0.05, 0.1) is 12.2 Å². The van der Waals surface area contributed by atoms with Crippen molar-refractivity contribution < 1.29 is 18.7 Å². The fourth-order valence-corrected chi connectivity index (χ4v) is 3.09. The fraction of sp³-hybridized carbons (Fsp3) is 0.300. The van der Waals surface area contributed by atoms with E-state index in [0.29, 0.717) is 28.6 Å². The Morgan fingerprint density at radius 3 is 2.81 bits per heavy atom. The lowest BCUT2D eigenvalue weighted by Crippen LogP contribution is -2.42. The minimum atomic E-state index is -0.371. The topological polar surface area (TPSA) is 58.6 Å².